The highest BCUT2D eigenvalue weighted by Gasteiger charge is 2.29. The molecule has 0 N–H and O–H groups in total. The summed E-state index contributed by atoms with van der Waals surface area (Å²) in [4.78, 5) is 12.9. The smallest absolute Gasteiger partial charge is 0.314 e. The second-order valence-corrected chi connectivity index (χ2v) is 10.3. The minimum atomic E-state index is -0.183. The number of carbonyl (C=O) groups is 1. The molecule has 0 bridgehead atoms. The van der Waals surface area contributed by atoms with Crippen molar-refractivity contribution in [3.05, 3.63) is 64.7 Å². The number of aryl methyl sites for hydroxylation is 2. The van der Waals surface area contributed by atoms with Gasteiger partial charge in [0.05, 0.1) is 11.5 Å². The molecule has 3 nitrogen and oxygen atoms in total. The molecule has 0 spiro atoms. The summed E-state index contributed by atoms with van der Waals surface area (Å²) in [7, 11) is 0. The molecule has 3 rings (SSSR count). The first-order chi connectivity index (χ1) is 17.1. The number of hydrogen-bond donors (Lipinski definition) is 0. The zero-order valence-electron chi connectivity index (χ0n) is 21.9. The first-order valence-electron chi connectivity index (χ1n) is 14.0. The molecule has 1 fully saturated rings. The van der Waals surface area contributed by atoms with Gasteiger partial charge in [-0.3, -0.25) is 4.79 Å². The van der Waals surface area contributed by atoms with Crippen molar-refractivity contribution in [3.63, 3.8) is 0 Å². The fourth-order valence-corrected chi connectivity index (χ4v) is 5.23. The highest BCUT2D eigenvalue weighted by atomic mass is 16.5. The van der Waals surface area contributed by atoms with Crippen molar-refractivity contribution in [2.75, 3.05) is 0 Å². The Hall–Kier alpha value is -2.60. The SMILES string of the molecule is CCCCCCCc1ccc(C2CCC(C(=O)Oc3ccc(CCCCC)cc3C#N)CC2)cc1. The maximum absolute atomic E-state index is 12.9. The lowest BCUT2D eigenvalue weighted by atomic mass is 9.78. The summed E-state index contributed by atoms with van der Waals surface area (Å²) >= 11 is 0. The Bertz CT molecular complexity index is 949. The van der Waals surface area contributed by atoms with Crippen molar-refractivity contribution in [2.24, 2.45) is 5.92 Å². The molecule has 2 aromatic rings. The molecule has 3 heteroatoms. The van der Waals surface area contributed by atoms with E-state index in [0.29, 0.717) is 17.2 Å². The topological polar surface area (TPSA) is 50.1 Å². The Balaban J connectivity index is 1.46. The van der Waals surface area contributed by atoms with Crippen LogP contribution in [-0.2, 0) is 17.6 Å². The van der Waals surface area contributed by atoms with Gasteiger partial charge in [0.1, 0.15) is 11.8 Å². The van der Waals surface area contributed by atoms with E-state index in [2.05, 4.69) is 44.2 Å². The highest BCUT2D eigenvalue weighted by Crippen LogP contribution is 2.37. The number of esters is 1. The fraction of sp³-hybridized carbons (Fsp3) is 0.562. The van der Waals surface area contributed by atoms with E-state index in [0.717, 1.165) is 44.1 Å². The number of rotatable bonds is 13. The molecule has 0 radical (unpaired) electrons. The molecule has 188 valence electrons. The molecule has 35 heavy (non-hydrogen) atoms. The number of nitriles is 1. The molecule has 0 aromatic heterocycles. The highest BCUT2D eigenvalue weighted by molar-refractivity contribution is 5.76. The predicted octanol–water partition coefficient (Wildman–Crippen LogP) is 8.68. The fourth-order valence-electron chi connectivity index (χ4n) is 5.23. The molecule has 0 heterocycles. The van der Waals surface area contributed by atoms with Crippen LogP contribution in [-0.4, -0.2) is 5.97 Å². The largest absolute Gasteiger partial charge is 0.425 e. The van der Waals surface area contributed by atoms with Gasteiger partial charge in [0.2, 0.25) is 0 Å². The van der Waals surface area contributed by atoms with E-state index >= 15 is 0 Å². The van der Waals surface area contributed by atoms with E-state index in [1.54, 1.807) is 6.07 Å². The lowest BCUT2D eigenvalue weighted by Gasteiger charge is -2.27. The second kappa shape index (κ2) is 14.7. The van der Waals surface area contributed by atoms with E-state index in [1.807, 2.05) is 12.1 Å². The number of ether oxygens (including phenoxy) is 1. The Labute approximate surface area is 212 Å². The quantitative estimate of drug-likeness (QED) is 0.166. The minimum absolute atomic E-state index is 0.0792. The summed E-state index contributed by atoms with van der Waals surface area (Å²) in [6, 6.07) is 17.1. The van der Waals surface area contributed by atoms with E-state index < -0.39 is 0 Å². The first-order valence-corrected chi connectivity index (χ1v) is 14.0. The van der Waals surface area contributed by atoms with Gasteiger partial charge in [-0.15, -0.1) is 0 Å². The molecule has 0 aliphatic heterocycles. The van der Waals surface area contributed by atoms with Crippen LogP contribution < -0.4 is 4.74 Å². The molecule has 1 aliphatic rings. The average Bonchev–Trinajstić information content (AvgIpc) is 2.90. The van der Waals surface area contributed by atoms with Crippen molar-refractivity contribution in [2.45, 2.75) is 110 Å². The van der Waals surface area contributed by atoms with Crippen molar-refractivity contribution in [3.8, 4) is 11.8 Å². The molecule has 0 saturated heterocycles. The first kappa shape index (κ1) is 27.0. The molecule has 1 saturated carbocycles. The maximum atomic E-state index is 12.9. The van der Waals surface area contributed by atoms with E-state index in [1.165, 1.54) is 62.5 Å². The normalized spacial score (nSPS) is 17.6. The summed E-state index contributed by atoms with van der Waals surface area (Å²) in [5.74, 6) is 0.667. The predicted molar refractivity (Wildman–Crippen MR) is 144 cm³/mol. The standard InChI is InChI=1S/C32H43NO2/c1-3-5-7-8-10-11-25-13-16-27(17-14-25)28-18-20-29(21-19-28)32(34)35-31-22-15-26(12-9-6-4-2)23-30(31)24-33/h13-17,22-23,28-29H,3-12,18-21H2,1-2H3. The van der Waals surface area contributed by atoms with Gasteiger partial charge in [0.15, 0.2) is 0 Å². The Morgan fingerprint density at radius 1 is 0.829 bits per heavy atom. The second-order valence-electron chi connectivity index (χ2n) is 10.3. The van der Waals surface area contributed by atoms with Gasteiger partial charge in [-0.05, 0) is 86.1 Å². The molecule has 0 atom stereocenters. The monoisotopic (exact) mass is 473 g/mol. The zero-order chi connectivity index (χ0) is 24.9. The Kier molecular flexibility index (Phi) is 11.4. The lowest BCUT2D eigenvalue weighted by Crippen LogP contribution is -2.25. The van der Waals surface area contributed by atoms with Crippen LogP contribution in [0.2, 0.25) is 0 Å². The number of benzene rings is 2. The number of hydrogen-bond acceptors (Lipinski definition) is 3. The molecule has 1 aliphatic carbocycles. The maximum Gasteiger partial charge on any atom is 0.314 e. The molecular formula is C32H43NO2. The molecule has 0 amide bonds. The Morgan fingerprint density at radius 3 is 2.11 bits per heavy atom. The van der Waals surface area contributed by atoms with E-state index in [9.17, 15) is 10.1 Å². The van der Waals surface area contributed by atoms with Crippen molar-refractivity contribution in [1.29, 1.82) is 5.26 Å². The minimum Gasteiger partial charge on any atom is -0.425 e. The van der Waals surface area contributed by atoms with Crippen LogP contribution in [0.3, 0.4) is 0 Å². The summed E-state index contributed by atoms with van der Waals surface area (Å²) in [6.45, 7) is 4.44. The van der Waals surface area contributed by atoms with Gasteiger partial charge in [0.25, 0.3) is 0 Å². The van der Waals surface area contributed by atoms with Crippen molar-refractivity contribution >= 4 is 5.97 Å². The van der Waals surface area contributed by atoms with Crippen molar-refractivity contribution < 1.29 is 9.53 Å². The number of carbonyl (C=O) groups excluding carboxylic acids is 1. The van der Waals surface area contributed by atoms with Crippen LogP contribution in [0.25, 0.3) is 0 Å². The summed E-state index contributed by atoms with van der Waals surface area (Å²) in [5.41, 5.74) is 4.44. The zero-order valence-corrected chi connectivity index (χ0v) is 21.9. The Morgan fingerprint density at radius 2 is 1.43 bits per heavy atom. The van der Waals surface area contributed by atoms with Crippen LogP contribution in [0, 0.1) is 17.2 Å². The van der Waals surface area contributed by atoms with Gasteiger partial charge in [-0.25, -0.2) is 0 Å². The van der Waals surface area contributed by atoms with Crippen LogP contribution in [0.4, 0.5) is 0 Å². The third kappa shape index (κ3) is 8.53. The van der Waals surface area contributed by atoms with Crippen LogP contribution >= 0.6 is 0 Å². The summed E-state index contributed by atoms with van der Waals surface area (Å²) < 4.78 is 5.71. The molecule has 0 unspecified atom stereocenters. The van der Waals surface area contributed by atoms with Crippen LogP contribution in [0.1, 0.15) is 119 Å². The average molecular weight is 474 g/mol. The molecular weight excluding hydrogens is 430 g/mol. The third-order valence-corrected chi connectivity index (χ3v) is 7.52. The van der Waals surface area contributed by atoms with Gasteiger partial charge in [0, 0.05) is 0 Å². The van der Waals surface area contributed by atoms with Gasteiger partial charge in [-0.2, -0.15) is 5.26 Å². The summed E-state index contributed by atoms with van der Waals surface area (Å²) in [5, 5.41) is 9.56. The van der Waals surface area contributed by atoms with E-state index in [-0.39, 0.29) is 11.9 Å². The van der Waals surface area contributed by atoms with Crippen LogP contribution in [0.5, 0.6) is 5.75 Å². The van der Waals surface area contributed by atoms with Crippen LogP contribution in [0.15, 0.2) is 42.5 Å². The number of nitrogens with zero attached hydrogens (tertiary/aromatic N) is 1. The lowest BCUT2D eigenvalue weighted by molar-refractivity contribution is -0.140. The molecule has 2 aromatic carbocycles. The van der Waals surface area contributed by atoms with Gasteiger partial charge in [-0.1, -0.05) is 82.7 Å². The van der Waals surface area contributed by atoms with Gasteiger partial charge < -0.3 is 4.74 Å². The summed E-state index contributed by atoms with van der Waals surface area (Å²) in [6.07, 6.45) is 15.9. The van der Waals surface area contributed by atoms with Gasteiger partial charge >= 0.3 is 5.97 Å². The number of unbranched alkanes of at least 4 members (excludes halogenated alkanes) is 6. The third-order valence-electron chi connectivity index (χ3n) is 7.52. The van der Waals surface area contributed by atoms with Crippen molar-refractivity contribution in [1.82, 2.24) is 0 Å². The van der Waals surface area contributed by atoms with E-state index in [4.69, 9.17) is 4.74 Å².